The maximum Gasteiger partial charge on any atom is 0.246 e. The van der Waals surface area contributed by atoms with Gasteiger partial charge in [-0.25, -0.2) is 19.4 Å². The van der Waals surface area contributed by atoms with Gasteiger partial charge in [-0.1, -0.05) is 0 Å². The average Bonchev–Trinajstić information content (AvgIpc) is 2.74. The Morgan fingerprint density at radius 2 is 2.12 bits per heavy atom. The Balaban J connectivity index is 1.91. The molecular formula is C9H11FN6. The second-order valence-electron chi connectivity index (χ2n) is 3.63. The Labute approximate surface area is 91.5 Å². The first kappa shape index (κ1) is 9.49. The monoisotopic (exact) mass is 222 g/mol. The van der Waals surface area contributed by atoms with E-state index in [-0.39, 0.29) is 0 Å². The highest BCUT2D eigenvalue weighted by Gasteiger charge is 2.26. The number of aromatic nitrogens is 2. The summed E-state index contributed by atoms with van der Waals surface area (Å²) in [6.07, 6.45) is 3.20. The molecule has 0 fully saturated rings. The number of nitrogens with zero attached hydrogens (tertiary/aromatic N) is 3. The lowest BCUT2D eigenvalue weighted by Crippen LogP contribution is -2.39. The molecule has 0 aliphatic carbocycles. The highest BCUT2D eigenvalue weighted by Crippen LogP contribution is 2.21. The third kappa shape index (κ3) is 1.50. The summed E-state index contributed by atoms with van der Waals surface area (Å²) in [6.45, 7) is 1.71. The Hall–Kier alpha value is -1.73. The third-order valence-electron chi connectivity index (χ3n) is 2.58. The van der Waals surface area contributed by atoms with E-state index in [0.717, 1.165) is 43.3 Å². The number of rotatable bonds is 1. The van der Waals surface area contributed by atoms with E-state index in [0.29, 0.717) is 5.95 Å². The Morgan fingerprint density at radius 3 is 2.94 bits per heavy atom. The molecular weight excluding hydrogens is 211 g/mol. The zero-order valence-corrected chi connectivity index (χ0v) is 8.50. The summed E-state index contributed by atoms with van der Waals surface area (Å²) < 4.78 is 12.7. The second kappa shape index (κ2) is 3.69. The summed E-state index contributed by atoms with van der Waals surface area (Å²) in [5.41, 5.74) is 8.18. The second-order valence-corrected chi connectivity index (χ2v) is 3.63. The van der Waals surface area contributed by atoms with Crippen LogP contribution in [-0.4, -0.2) is 23.1 Å². The number of anilines is 1. The minimum absolute atomic E-state index is 0.435. The molecule has 84 valence electrons. The molecule has 0 unspecified atom stereocenters. The molecule has 0 saturated heterocycles. The number of hydrogen-bond donors (Lipinski definition) is 3. The normalized spacial score (nSPS) is 19.7. The van der Waals surface area contributed by atoms with Crippen molar-refractivity contribution in [2.24, 2.45) is 0 Å². The Bertz CT molecular complexity index is 428. The molecule has 3 rings (SSSR count). The summed E-state index contributed by atoms with van der Waals surface area (Å²) in [7, 11) is 0. The summed E-state index contributed by atoms with van der Waals surface area (Å²) >= 11 is 0. The Kier molecular flexibility index (Phi) is 2.19. The molecule has 0 saturated carbocycles. The van der Waals surface area contributed by atoms with Crippen molar-refractivity contribution >= 4 is 5.95 Å². The van der Waals surface area contributed by atoms with Gasteiger partial charge in [-0.15, -0.1) is 5.53 Å². The van der Waals surface area contributed by atoms with Crippen LogP contribution >= 0.6 is 0 Å². The van der Waals surface area contributed by atoms with E-state index in [1.54, 1.807) is 5.01 Å². The van der Waals surface area contributed by atoms with Gasteiger partial charge >= 0.3 is 0 Å². The summed E-state index contributed by atoms with van der Waals surface area (Å²) in [6, 6.07) is 0. The van der Waals surface area contributed by atoms with Crippen molar-refractivity contribution in [3.63, 3.8) is 0 Å². The third-order valence-corrected chi connectivity index (χ3v) is 2.58. The molecule has 6 nitrogen and oxygen atoms in total. The lowest BCUT2D eigenvalue weighted by Gasteiger charge is -2.20. The van der Waals surface area contributed by atoms with Crippen molar-refractivity contribution in [1.82, 2.24) is 26.2 Å². The molecule has 0 aromatic carbocycles. The van der Waals surface area contributed by atoms with E-state index in [2.05, 4.69) is 26.2 Å². The molecule has 16 heavy (non-hydrogen) atoms. The van der Waals surface area contributed by atoms with Crippen LogP contribution in [0.5, 0.6) is 0 Å². The van der Waals surface area contributed by atoms with Gasteiger partial charge < -0.3 is 10.7 Å². The van der Waals surface area contributed by atoms with Crippen LogP contribution in [0.1, 0.15) is 6.42 Å². The fraction of sp³-hybridized carbons (Fsp3) is 0.333. The highest BCUT2D eigenvalue weighted by molar-refractivity contribution is 5.43. The molecule has 0 atom stereocenters. The van der Waals surface area contributed by atoms with E-state index in [9.17, 15) is 4.39 Å². The van der Waals surface area contributed by atoms with Gasteiger partial charge in [0.2, 0.25) is 5.95 Å². The van der Waals surface area contributed by atoms with E-state index < -0.39 is 5.82 Å². The maximum atomic E-state index is 12.7. The van der Waals surface area contributed by atoms with Gasteiger partial charge in [0.25, 0.3) is 0 Å². The fourth-order valence-corrected chi connectivity index (χ4v) is 1.82. The molecule has 7 heteroatoms. The summed E-state index contributed by atoms with van der Waals surface area (Å²) in [4.78, 5) is 7.87. The van der Waals surface area contributed by atoms with Crippen LogP contribution in [0.4, 0.5) is 10.3 Å². The van der Waals surface area contributed by atoms with Crippen LogP contribution in [0.3, 0.4) is 0 Å². The maximum absolute atomic E-state index is 12.7. The molecule has 0 spiro atoms. The number of nitrogens with one attached hydrogen (secondary N) is 3. The molecule has 0 radical (unpaired) electrons. The molecule has 2 aliphatic rings. The number of halogens is 1. The summed E-state index contributed by atoms with van der Waals surface area (Å²) in [5, 5.41) is 5.00. The van der Waals surface area contributed by atoms with Crippen LogP contribution in [0.2, 0.25) is 0 Å². The largest absolute Gasteiger partial charge is 0.311 e. The number of hydrogen-bond acceptors (Lipinski definition) is 6. The van der Waals surface area contributed by atoms with E-state index in [1.165, 1.54) is 0 Å². The highest BCUT2D eigenvalue weighted by atomic mass is 19.1. The number of hydrazine groups is 2. The van der Waals surface area contributed by atoms with Gasteiger partial charge in [0.05, 0.1) is 23.8 Å². The first-order chi connectivity index (χ1) is 7.84. The molecule has 0 amide bonds. The lowest BCUT2D eigenvalue weighted by molar-refractivity contribution is 0.602. The molecule has 3 N–H and O–H groups in total. The van der Waals surface area contributed by atoms with Crippen molar-refractivity contribution in [2.75, 3.05) is 18.1 Å². The average molecular weight is 222 g/mol. The van der Waals surface area contributed by atoms with Crippen LogP contribution < -0.4 is 21.3 Å². The van der Waals surface area contributed by atoms with Gasteiger partial charge in [-0.2, -0.15) is 0 Å². The van der Waals surface area contributed by atoms with Gasteiger partial charge in [-0.05, 0) is 0 Å². The fourth-order valence-electron chi connectivity index (χ4n) is 1.82. The molecule has 1 aromatic rings. The van der Waals surface area contributed by atoms with Crippen LogP contribution in [0.25, 0.3) is 0 Å². The minimum Gasteiger partial charge on any atom is -0.311 e. The molecule has 3 heterocycles. The predicted molar refractivity (Wildman–Crippen MR) is 55.3 cm³/mol. The zero-order valence-electron chi connectivity index (χ0n) is 8.50. The molecule has 0 bridgehead atoms. The summed E-state index contributed by atoms with van der Waals surface area (Å²) in [5.74, 6) is 0.0104. The quantitative estimate of drug-likeness (QED) is 0.603. The van der Waals surface area contributed by atoms with Crippen molar-refractivity contribution in [3.8, 4) is 0 Å². The van der Waals surface area contributed by atoms with Crippen LogP contribution in [0.15, 0.2) is 23.8 Å². The SMILES string of the molecule is Fc1cnc(N2NNC3=C2CCNC3)nc1. The minimum atomic E-state index is -0.435. The standard InChI is InChI=1S/C9H11FN6/c10-6-3-12-9(13-4-6)16-8-1-2-11-5-7(8)14-15-16/h3-4,11,14-15H,1-2,5H2. The smallest absolute Gasteiger partial charge is 0.246 e. The first-order valence-electron chi connectivity index (χ1n) is 5.06. The van der Waals surface area contributed by atoms with Gasteiger partial charge in [0.1, 0.15) is 0 Å². The van der Waals surface area contributed by atoms with Gasteiger partial charge in [0.15, 0.2) is 5.82 Å². The zero-order chi connectivity index (χ0) is 11.0. The molecule has 2 aliphatic heterocycles. The predicted octanol–water partition coefficient (Wildman–Crippen LogP) is -0.350. The van der Waals surface area contributed by atoms with Gasteiger partial charge in [0, 0.05) is 19.5 Å². The van der Waals surface area contributed by atoms with Gasteiger partial charge in [-0.3, -0.25) is 0 Å². The first-order valence-corrected chi connectivity index (χ1v) is 5.06. The van der Waals surface area contributed by atoms with Crippen LogP contribution in [-0.2, 0) is 0 Å². The van der Waals surface area contributed by atoms with E-state index in [1.807, 2.05) is 0 Å². The van der Waals surface area contributed by atoms with Crippen molar-refractivity contribution in [3.05, 3.63) is 29.6 Å². The van der Waals surface area contributed by atoms with E-state index in [4.69, 9.17) is 0 Å². The van der Waals surface area contributed by atoms with Crippen molar-refractivity contribution in [2.45, 2.75) is 6.42 Å². The lowest BCUT2D eigenvalue weighted by atomic mass is 10.2. The van der Waals surface area contributed by atoms with Crippen LogP contribution in [0, 0.1) is 5.82 Å². The molecule has 1 aromatic heterocycles. The Morgan fingerprint density at radius 1 is 1.31 bits per heavy atom. The van der Waals surface area contributed by atoms with Crippen molar-refractivity contribution < 1.29 is 4.39 Å². The van der Waals surface area contributed by atoms with Crippen molar-refractivity contribution in [1.29, 1.82) is 0 Å². The van der Waals surface area contributed by atoms with E-state index >= 15 is 0 Å². The topological polar surface area (TPSA) is 65.1 Å².